The molecule has 0 spiro atoms. The van der Waals surface area contributed by atoms with Crippen molar-refractivity contribution in [3.8, 4) is 0 Å². The van der Waals surface area contributed by atoms with Crippen LogP contribution in [0.3, 0.4) is 0 Å². The topological polar surface area (TPSA) is 66.4 Å². The van der Waals surface area contributed by atoms with Crippen molar-refractivity contribution in [3.63, 3.8) is 0 Å². The number of amides is 1. The molecule has 2 N–H and O–H groups in total. The first-order valence-electron chi connectivity index (χ1n) is 6.07. The van der Waals surface area contributed by atoms with Gasteiger partial charge in [-0.25, -0.2) is 9.18 Å². The Morgan fingerprint density at radius 2 is 2.11 bits per heavy atom. The molecule has 1 aromatic rings. The number of hydrogen-bond donors (Lipinski definition) is 2. The summed E-state index contributed by atoms with van der Waals surface area (Å²) in [6.07, 6.45) is 6.11. The maximum absolute atomic E-state index is 13.5. The first kappa shape index (κ1) is 13.3. The number of carboxylic acid groups (broad SMARTS) is 1. The number of hydrogen-bond acceptors (Lipinski definition) is 2. The van der Waals surface area contributed by atoms with Crippen molar-refractivity contribution >= 4 is 17.6 Å². The molecule has 0 bridgehead atoms. The van der Waals surface area contributed by atoms with E-state index in [2.05, 4.69) is 5.32 Å². The van der Waals surface area contributed by atoms with Crippen LogP contribution in [0, 0.1) is 11.7 Å². The van der Waals surface area contributed by atoms with E-state index in [4.69, 9.17) is 5.11 Å². The van der Waals surface area contributed by atoms with Crippen LogP contribution in [0.2, 0.25) is 0 Å². The molecule has 100 valence electrons. The van der Waals surface area contributed by atoms with Crippen LogP contribution in [0.5, 0.6) is 0 Å². The molecule has 1 aliphatic carbocycles. The van der Waals surface area contributed by atoms with Gasteiger partial charge in [-0.2, -0.15) is 0 Å². The minimum absolute atomic E-state index is 0.00653. The van der Waals surface area contributed by atoms with Crippen molar-refractivity contribution in [1.82, 2.24) is 0 Å². The molecule has 1 aromatic carbocycles. The lowest BCUT2D eigenvalue weighted by Crippen LogP contribution is -2.24. The van der Waals surface area contributed by atoms with E-state index >= 15 is 0 Å². The average Bonchev–Trinajstić information content (AvgIpc) is 2.39. The molecule has 4 nitrogen and oxygen atoms in total. The average molecular weight is 263 g/mol. The van der Waals surface area contributed by atoms with Crippen molar-refractivity contribution < 1.29 is 19.1 Å². The molecule has 0 heterocycles. The molecule has 0 saturated carbocycles. The summed E-state index contributed by atoms with van der Waals surface area (Å²) in [4.78, 5) is 23.0. The summed E-state index contributed by atoms with van der Waals surface area (Å²) in [7, 11) is 0. The maximum atomic E-state index is 13.5. The molecule has 0 radical (unpaired) electrons. The third-order valence-electron chi connectivity index (χ3n) is 3.13. The number of halogens is 1. The summed E-state index contributed by atoms with van der Waals surface area (Å²) >= 11 is 0. The summed E-state index contributed by atoms with van der Waals surface area (Å²) in [5.74, 6) is -2.70. The van der Waals surface area contributed by atoms with Crippen LogP contribution >= 0.6 is 0 Å². The largest absolute Gasteiger partial charge is 0.478 e. The van der Waals surface area contributed by atoms with Gasteiger partial charge in [-0.3, -0.25) is 4.79 Å². The smallest absolute Gasteiger partial charge is 0.340 e. The minimum atomic E-state index is -1.39. The zero-order chi connectivity index (χ0) is 13.8. The lowest BCUT2D eigenvalue weighted by Gasteiger charge is -2.18. The first-order chi connectivity index (χ1) is 9.09. The lowest BCUT2D eigenvalue weighted by atomic mass is 9.93. The monoisotopic (exact) mass is 263 g/mol. The van der Waals surface area contributed by atoms with Gasteiger partial charge in [0, 0.05) is 5.92 Å². The second kappa shape index (κ2) is 5.65. The van der Waals surface area contributed by atoms with Crippen LogP contribution in [0.25, 0.3) is 0 Å². The maximum Gasteiger partial charge on any atom is 0.340 e. The Balaban J connectivity index is 2.19. The molecular weight excluding hydrogens is 249 g/mol. The molecule has 5 heteroatoms. The standard InChI is InChI=1S/C14H14FNO3/c15-10-7-4-8-11(12(10)14(18)19)16-13(17)9-5-2-1-3-6-9/h1-2,4,7-9H,3,5-6H2,(H,16,17)(H,18,19). The normalized spacial score (nSPS) is 18.1. The van der Waals surface area contributed by atoms with E-state index in [1.165, 1.54) is 12.1 Å². The van der Waals surface area contributed by atoms with Gasteiger partial charge in [0.15, 0.2) is 0 Å². The van der Waals surface area contributed by atoms with Crippen LogP contribution in [-0.2, 0) is 4.79 Å². The van der Waals surface area contributed by atoms with E-state index in [1.807, 2.05) is 12.2 Å². The highest BCUT2D eigenvalue weighted by Crippen LogP contribution is 2.23. The van der Waals surface area contributed by atoms with E-state index in [9.17, 15) is 14.0 Å². The fraction of sp³-hybridized carbons (Fsp3) is 0.286. The zero-order valence-corrected chi connectivity index (χ0v) is 10.2. The molecule has 0 aliphatic heterocycles. The summed E-state index contributed by atoms with van der Waals surface area (Å²) < 4.78 is 13.5. The van der Waals surface area contributed by atoms with E-state index in [0.29, 0.717) is 6.42 Å². The number of carboxylic acids is 1. The van der Waals surface area contributed by atoms with Gasteiger partial charge in [0.05, 0.1) is 5.69 Å². The van der Waals surface area contributed by atoms with Crippen molar-refractivity contribution in [2.75, 3.05) is 5.32 Å². The Morgan fingerprint density at radius 1 is 1.32 bits per heavy atom. The summed E-state index contributed by atoms with van der Waals surface area (Å²) in [5.41, 5.74) is -0.491. The second-order valence-electron chi connectivity index (χ2n) is 4.44. The molecule has 2 rings (SSSR count). The van der Waals surface area contributed by atoms with Gasteiger partial charge in [-0.1, -0.05) is 18.2 Å². The van der Waals surface area contributed by atoms with Gasteiger partial charge < -0.3 is 10.4 Å². The fourth-order valence-electron chi connectivity index (χ4n) is 2.11. The van der Waals surface area contributed by atoms with Crippen LogP contribution in [0.4, 0.5) is 10.1 Å². The molecule has 0 saturated heterocycles. The second-order valence-corrected chi connectivity index (χ2v) is 4.44. The van der Waals surface area contributed by atoms with Crippen molar-refractivity contribution in [2.45, 2.75) is 19.3 Å². The van der Waals surface area contributed by atoms with Crippen molar-refractivity contribution in [1.29, 1.82) is 0 Å². The predicted octanol–water partition coefficient (Wildman–Crippen LogP) is 2.82. The highest BCUT2D eigenvalue weighted by molar-refractivity contribution is 6.01. The number of allylic oxidation sites excluding steroid dienone is 2. The summed E-state index contributed by atoms with van der Waals surface area (Å²) in [6.45, 7) is 0. The number of nitrogens with one attached hydrogen (secondary N) is 1. The Labute approximate surface area is 109 Å². The van der Waals surface area contributed by atoms with Gasteiger partial charge in [0.1, 0.15) is 11.4 Å². The Morgan fingerprint density at radius 3 is 2.74 bits per heavy atom. The van der Waals surface area contributed by atoms with Crippen molar-refractivity contribution in [3.05, 3.63) is 41.7 Å². The van der Waals surface area contributed by atoms with Gasteiger partial charge >= 0.3 is 5.97 Å². The Bertz CT molecular complexity index is 539. The number of benzene rings is 1. The van der Waals surface area contributed by atoms with Crippen LogP contribution in [0.1, 0.15) is 29.6 Å². The molecule has 1 atom stereocenters. The van der Waals surface area contributed by atoms with Crippen LogP contribution in [0.15, 0.2) is 30.4 Å². The number of carbonyl (C=O) groups is 2. The quantitative estimate of drug-likeness (QED) is 0.824. The van der Waals surface area contributed by atoms with Crippen LogP contribution < -0.4 is 5.32 Å². The highest BCUT2D eigenvalue weighted by atomic mass is 19.1. The summed E-state index contributed by atoms with van der Waals surface area (Å²) in [6, 6.07) is 3.82. The third-order valence-corrected chi connectivity index (χ3v) is 3.13. The fourth-order valence-corrected chi connectivity index (χ4v) is 2.11. The molecule has 0 fully saturated rings. The van der Waals surface area contributed by atoms with Gasteiger partial charge in [0.25, 0.3) is 0 Å². The zero-order valence-electron chi connectivity index (χ0n) is 10.2. The number of aromatic carboxylic acids is 1. The van der Waals surface area contributed by atoms with E-state index in [0.717, 1.165) is 18.9 Å². The Hall–Kier alpha value is -2.17. The molecule has 1 aliphatic rings. The SMILES string of the molecule is O=C(O)c1c(F)cccc1NC(=O)C1CC=CCC1. The first-order valence-corrected chi connectivity index (χ1v) is 6.07. The number of rotatable bonds is 3. The van der Waals surface area contributed by atoms with E-state index < -0.39 is 17.3 Å². The molecule has 1 unspecified atom stereocenters. The van der Waals surface area contributed by atoms with Crippen molar-refractivity contribution in [2.24, 2.45) is 5.92 Å². The molecule has 1 amide bonds. The summed E-state index contributed by atoms with van der Waals surface area (Å²) in [5, 5.41) is 11.5. The molecule has 19 heavy (non-hydrogen) atoms. The minimum Gasteiger partial charge on any atom is -0.478 e. The van der Waals surface area contributed by atoms with E-state index in [1.54, 1.807) is 0 Å². The van der Waals surface area contributed by atoms with Crippen LogP contribution in [-0.4, -0.2) is 17.0 Å². The Kier molecular flexibility index (Phi) is 3.94. The number of anilines is 1. The highest BCUT2D eigenvalue weighted by Gasteiger charge is 2.22. The van der Waals surface area contributed by atoms with E-state index in [-0.39, 0.29) is 17.5 Å². The molecular formula is C14H14FNO3. The predicted molar refractivity (Wildman–Crippen MR) is 68.5 cm³/mol. The van der Waals surface area contributed by atoms with Gasteiger partial charge in [-0.15, -0.1) is 0 Å². The van der Waals surface area contributed by atoms with Gasteiger partial charge in [0.2, 0.25) is 5.91 Å². The lowest BCUT2D eigenvalue weighted by molar-refractivity contribution is -0.120. The third kappa shape index (κ3) is 2.99. The molecule has 0 aromatic heterocycles. The number of carbonyl (C=O) groups excluding carboxylic acids is 1. The van der Waals surface area contributed by atoms with Gasteiger partial charge in [-0.05, 0) is 31.4 Å².